The minimum atomic E-state index is -0.140. The lowest BCUT2D eigenvalue weighted by molar-refractivity contribution is -0.149. The number of esters is 1. The first kappa shape index (κ1) is 13.3. The van der Waals surface area contributed by atoms with Gasteiger partial charge >= 0.3 is 5.97 Å². The fourth-order valence-electron chi connectivity index (χ4n) is 2.36. The van der Waals surface area contributed by atoms with Gasteiger partial charge in [0.15, 0.2) is 5.13 Å². The smallest absolute Gasteiger partial charge is 0.323 e. The van der Waals surface area contributed by atoms with Gasteiger partial charge in [0.2, 0.25) is 0 Å². The zero-order valence-corrected chi connectivity index (χ0v) is 11.6. The summed E-state index contributed by atoms with van der Waals surface area (Å²) in [4.78, 5) is 19.1. The van der Waals surface area contributed by atoms with Crippen molar-refractivity contribution in [2.45, 2.75) is 32.4 Å². The van der Waals surface area contributed by atoms with Crippen LogP contribution in [0.4, 0.5) is 5.13 Å². The third-order valence-electron chi connectivity index (χ3n) is 3.38. The first-order chi connectivity index (χ1) is 8.60. The molecule has 2 unspecified atom stereocenters. The van der Waals surface area contributed by atoms with Crippen molar-refractivity contribution in [1.29, 1.82) is 0 Å². The van der Waals surface area contributed by atoms with Crippen LogP contribution in [0.1, 0.15) is 24.6 Å². The van der Waals surface area contributed by atoms with Crippen LogP contribution < -0.4 is 5.73 Å². The topological polar surface area (TPSA) is 68.5 Å². The van der Waals surface area contributed by atoms with Crippen molar-refractivity contribution in [3.8, 4) is 0 Å². The van der Waals surface area contributed by atoms with Crippen molar-refractivity contribution in [2.75, 3.05) is 19.4 Å². The maximum Gasteiger partial charge on any atom is 0.323 e. The van der Waals surface area contributed by atoms with Gasteiger partial charge in [0, 0.05) is 17.6 Å². The molecule has 0 aliphatic carbocycles. The zero-order chi connectivity index (χ0) is 13.1. The molecule has 1 aliphatic heterocycles. The van der Waals surface area contributed by atoms with E-state index in [1.54, 1.807) is 6.20 Å². The monoisotopic (exact) mass is 269 g/mol. The van der Waals surface area contributed by atoms with Gasteiger partial charge in [-0.3, -0.25) is 9.69 Å². The molecule has 0 saturated carbocycles. The van der Waals surface area contributed by atoms with E-state index in [1.807, 2.05) is 0 Å². The summed E-state index contributed by atoms with van der Waals surface area (Å²) in [7, 11) is 1.45. The highest BCUT2D eigenvalue weighted by atomic mass is 32.1. The standard InChI is InChI=1S/C12H19N3O2S/c1-8-3-4-15(10(5-8)11(16)17-2)7-9-6-14-12(13)18-9/h6,8,10H,3-5,7H2,1-2H3,(H2,13,14). The predicted octanol–water partition coefficient (Wildman–Crippen LogP) is 1.50. The van der Waals surface area contributed by atoms with E-state index in [9.17, 15) is 4.79 Å². The molecule has 0 bridgehead atoms. The van der Waals surface area contributed by atoms with Gasteiger partial charge in [-0.25, -0.2) is 4.98 Å². The van der Waals surface area contributed by atoms with Crippen molar-refractivity contribution >= 4 is 22.4 Å². The molecule has 5 nitrogen and oxygen atoms in total. The number of rotatable bonds is 3. The van der Waals surface area contributed by atoms with E-state index in [2.05, 4.69) is 16.8 Å². The average Bonchev–Trinajstić information content (AvgIpc) is 2.76. The third-order valence-corrected chi connectivity index (χ3v) is 4.19. The molecule has 0 aromatic carbocycles. The molecule has 1 saturated heterocycles. The molecule has 1 aromatic heterocycles. The molecule has 2 heterocycles. The number of thiazole rings is 1. The van der Waals surface area contributed by atoms with Gasteiger partial charge in [0.1, 0.15) is 6.04 Å². The Labute approximate surface area is 111 Å². The highest BCUT2D eigenvalue weighted by Crippen LogP contribution is 2.26. The Kier molecular flexibility index (Phi) is 4.19. The Hall–Kier alpha value is -1.14. The molecule has 18 heavy (non-hydrogen) atoms. The van der Waals surface area contributed by atoms with Crippen molar-refractivity contribution in [3.63, 3.8) is 0 Å². The van der Waals surface area contributed by atoms with Gasteiger partial charge in [-0.1, -0.05) is 6.92 Å². The van der Waals surface area contributed by atoms with E-state index in [4.69, 9.17) is 10.5 Å². The largest absolute Gasteiger partial charge is 0.468 e. The van der Waals surface area contributed by atoms with E-state index >= 15 is 0 Å². The third kappa shape index (κ3) is 3.00. The molecule has 6 heteroatoms. The zero-order valence-electron chi connectivity index (χ0n) is 10.8. The Morgan fingerprint density at radius 2 is 2.50 bits per heavy atom. The number of nitrogen functional groups attached to an aromatic ring is 1. The number of carbonyl (C=O) groups excluding carboxylic acids is 1. The Bertz CT molecular complexity index is 421. The number of piperidine rings is 1. The average molecular weight is 269 g/mol. The maximum absolute atomic E-state index is 11.8. The Morgan fingerprint density at radius 1 is 1.72 bits per heavy atom. The molecule has 2 rings (SSSR count). The lowest BCUT2D eigenvalue weighted by atomic mass is 9.92. The number of methoxy groups -OCH3 is 1. The van der Waals surface area contributed by atoms with Crippen molar-refractivity contribution in [1.82, 2.24) is 9.88 Å². The Balaban J connectivity index is 2.06. The molecule has 0 spiro atoms. The number of hydrogen-bond donors (Lipinski definition) is 1. The molecule has 100 valence electrons. The minimum Gasteiger partial charge on any atom is -0.468 e. The molecular weight excluding hydrogens is 250 g/mol. The molecule has 2 atom stereocenters. The van der Waals surface area contributed by atoms with Crippen LogP contribution in [0.5, 0.6) is 0 Å². The maximum atomic E-state index is 11.8. The SMILES string of the molecule is COC(=O)C1CC(C)CCN1Cc1cnc(N)s1. The number of anilines is 1. The lowest BCUT2D eigenvalue weighted by Gasteiger charge is -2.36. The van der Waals surface area contributed by atoms with E-state index < -0.39 is 0 Å². The predicted molar refractivity (Wildman–Crippen MR) is 71.1 cm³/mol. The summed E-state index contributed by atoms with van der Waals surface area (Å²) in [6, 6.07) is -0.137. The second-order valence-electron chi connectivity index (χ2n) is 4.80. The molecule has 0 amide bonds. The highest BCUT2D eigenvalue weighted by Gasteiger charge is 2.32. The number of nitrogens with two attached hydrogens (primary N) is 1. The normalized spacial score (nSPS) is 25.0. The first-order valence-corrected chi connectivity index (χ1v) is 6.94. The lowest BCUT2D eigenvalue weighted by Crippen LogP contribution is -2.46. The van der Waals surface area contributed by atoms with Crippen LogP contribution in [0, 0.1) is 5.92 Å². The van der Waals surface area contributed by atoms with Crippen LogP contribution in [0.3, 0.4) is 0 Å². The molecule has 1 aliphatic rings. The number of carbonyl (C=O) groups is 1. The number of nitrogens with zero attached hydrogens (tertiary/aromatic N) is 2. The molecule has 2 N–H and O–H groups in total. The van der Waals surface area contributed by atoms with Crippen LogP contribution >= 0.6 is 11.3 Å². The minimum absolute atomic E-state index is 0.137. The van der Waals surface area contributed by atoms with Crippen LogP contribution in [-0.4, -0.2) is 35.5 Å². The van der Waals surface area contributed by atoms with Crippen molar-refractivity contribution in [3.05, 3.63) is 11.1 Å². The van der Waals surface area contributed by atoms with Gasteiger partial charge < -0.3 is 10.5 Å². The fourth-order valence-corrected chi connectivity index (χ4v) is 3.07. The van der Waals surface area contributed by atoms with Crippen LogP contribution in [-0.2, 0) is 16.1 Å². The van der Waals surface area contributed by atoms with Crippen molar-refractivity contribution in [2.24, 2.45) is 5.92 Å². The number of likely N-dealkylation sites (tertiary alicyclic amines) is 1. The summed E-state index contributed by atoms with van der Waals surface area (Å²) in [5.74, 6) is 0.427. The van der Waals surface area contributed by atoms with E-state index in [0.29, 0.717) is 11.0 Å². The van der Waals surface area contributed by atoms with Gasteiger partial charge in [-0.2, -0.15) is 0 Å². The van der Waals surface area contributed by atoms with E-state index in [0.717, 1.165) is 30.8 Å². The molecule has 1 fully saturated rings. The fraction of sp³-hybridized carbons (Fsp3) is 0.667. The Morgan fingerprint density at radius 3 is 3.11 bits per heavy atom. The van der Waals surface area contributed by atoms with Gasteiger partial charge in [0.05, 0.1) is 7.11 Å². The second kappa shape index (κ2) is 5.67. The van der Waals surface area contributed by atoms with Crippen LogP contribution in [0.2, 0.25) is 0 Å². The molecule has 1 aromatic rings. The quantitative estimate of drug-likeness (QED) is 0.842. The summed E-state index contributed by atoms with van der Waals surface area (Å²) in [6.07, 6.45) is 3.76. The highest BCUT2D eigenvalue weighted by molar-refractivity contribution is 7.15. The summed E-state index contributed by atoms with van der Waals surface area (Å²) >= 11 is 1.48. The molecule has 0 radical (unpaired) electrons. The number of aromatic nitrogens is 1. The second-order valence-corrected chi connectivity index (χ2v) is 5.95. The summed E-state index contributed by atoms with van der Waals surface area (Å²) in [6.45, 7) is 3.82. The van der Waals surface area contributed by atoms with E-state index in [1.165, 1.54) is 18.4 Å². The number of hydrogen-bond acceptors (Lipinski definition) is 6. The first-order valence-electron chi connectivity index (χ1n) is 6.12. The summed E-state index contributed by atoms with van der Waals surface area (Å²) in [5, 5.41) is 0.574. The van der Waals surface area contributed by atoms with Crippen molar-refractivity contribution < 1.29 is 9.53 Å². The van der Waals surface area contributed by atoms with Crippen LogP contribution in [0.15, 0.2) is 6.20 Å². The van der Waals surface area contributed by atoms with Crippen LogP contribution in [0.25, 0.3) is 0 Å². The summed E-state index contributed by atoms with van der Waals surface area (Å²) in [5.41, 5.74) is 5.62. The molecular formula is C12H19N3O2S. The number of ether oxygens (including phenoxy) is 1. The van der Waals surface area contributed by atoms with Gasteiger partial charge in [-0.15, -0.1) is 11.3 Å². The summed E-state index contributed by atoms with van der Waals surface area (Å²) < 4.78 is 4.89. The van der Waals surface area contributed by atoms with Gasteiger partial charge in [0.25, 0.3) is 0 Å². The van der Waals surface area contributed by atoms with E-state index in [-0.39, 0.29) is 12.0 Å². The van der Waals surface area contributed by atoms with Gasteiger partial charge in [-0.05, 0) is 25.3 Å².